The molecule has 1 atom stereocenters. The molecule has 9 heteroatoms. The molecule has 2 aromatic heterocycles. The van der Waals surface area contributed by atoms with E-state index in [0.717, 1.165) is 16.2 Å². The second-order valence-electron chi connectivity index (χ2n) is 5.29. The zero-order chi connectivity index (χ0) is 17.4. The van der Waals surface area contributed by atoms with E-state index in [1.54, 1.807) is 16.8 Å². The van der Waals surface area contributed by atoms with E-state index in [4.69, 9.17) is 11.6 Å². The molecule has 0 radical (unpaired) electrons. The fraction of sp³-hybridized carbons (Fsp3) is 0.125. The summed E-state index contributed by atoms with van der Waals surface area (Å²) < 4.78 is 1.67. The molecule has 6 nitrogen and oxygen atoms in total. The van der Waals surface area contributed by atoms with Crippen molar-refractivity contribution in [3.05, 3.63) is 51.7 Å². The van der Waals surface area contributed by atoms with Crippen LogP contribution in [0.1, 0.15) is 11.3 Å². The highest BCUT2D eigenvalue weighted by molar-refractivity contribution is 8.00. The van der Waals surface area contributed by atoms with Crippen LogP contribution in [0.4, 0.5) is 0 Å². The number of hydrogen-bond acceptors (Lipinski definition) is 6. The molecule has 4 rings (SSSR count). The monoisotopic (exact) mass is 390 g/mol. The van der Waals surface area contributed by atoms with Gasteiger partial charge in [-0.1, -0.05) is 29.4 Å². The van der Waals surface area contributed by atoms with Crippen molar-refractivity contribution in [2.75, 3.05) is 0 Å². The van der Waals surface area contributed by atoms with Gasteiger partial charge in [0.1, 0.15) is 0 Å². The fourth-order valence-corrected chi connectivity index (χ4v) is 4.54. The average Bonchev–Trinajstić information content (AvgIpc) is 3.23. The van der Waals surface area contributed by atoms with Crippen LogP contribution in [0.15, 0.2) is 52.0 Å². The van der Waals surface area contributed by atoms with Gasteiger partial charge in [0, 0.05) is 10.6 Å². The fourth-order valence-electron chi connectivity index (χ4n) is 2.49. The van der Waals surface area contributed by atoms with Crippen LogP contribution in [0.2, 0.25) is 5.02 Å². The van der Waals surface area contributed by atoms with Crippen LogP contribution in [0, 0.1) is 0 Å². The second kappa shape index (κ2) is 6.62. The van der Waals surface area contributed by atoms with Crippen molar-refractivity contribution >= 4 is 46.4 Å². The molecule has 0 saturated heterocycles. The van der Waals surface area contributed by atoms with Gasteiger partial charge in [-0.15, -0.1) is 21.5 Å². The standard InChI is InChI=1S/C16H11ClN4O2S2/c17-10-5-3-9(4-6-10)15-18-19-16-21(15)20-14(11-2-1-7-24-11)12(25-16)8-13(22)23/h1-7,12H,8H2,(H,22,23). The Labute approximate surface area is 156 Å². The molecule has 0 aliphatic carbocycles. The van der Waals surface area contributed by atoms with Gasteiger partial charge < -0.3 is 5.11 Å². The molecule has 0 amide bonds. The SMILES string of the molecule is O=C(O)CC1Sc2nnc(-c3ccc(Cl)cc3)n2N=C1c1cccs1. The van der Waals surface area contributed by atoms with Crippen LogP contribution in [0.25, 0.3) is 11.4 Å². The van der Waals surface area contributed by atoms with E-state index in [2.05, 4.69) is 15.3 Å². The van der Waals surface area contributed by atoms with E-state index in [1.807, 2.05) is 29.6 Å². The van der Waals surface area contributed by atoms with Crippen molar-refractivity contribution in [2.45, 2.75) is 16.8 Å². The number of rotatable bonds is 4. The Bertz CT molecular complexity index is 951. The number of carboxylic acid groups (broad SMARTS) is 1. The Hall–Kier alpha value is -2.16. The lowest BCUT2D eigenvalue weighted by Crippen LogP contribution is -2.26. The van der Waals surface area contributed by atoms with Gasteiger partial charge in [0.2, 0.25) is 5.16 Å². The van der Waals surface area contributed by atoms with Crippen molar-refractivity contribution in [3.8, 4) is 11.4 Å². The molecule has 0 bridgehead atoms. The minimum absolute atomic E-state index is 0.0233. The topological polar surface area (TPSA) is 80.4 Å². The number of benzene rings is 1. The van der Waals surface area contributed by atoms with E-state index in [0.29, 0.717) is 16.0 Å². The number of carboxylic acids is 1. The zero-order valence-electron chi connectivity index (χ0n) is 12.7. The zero-order valence-corrected chi connectivity index (χ0v) is 15.1. The highest BCUT2D eigenvalue weighted by atomic mass is 35.5. The van der Waals surface area contributed by atoms with Gasteiger partial charge in [-0.05, 0) is 35.7 Å². The van der Waals surface area contributed by atoms with Crippen molar-refractivity contribution in [3.63, 3.8) is 0 Å². The number of thioether (sulfide) groups is 1. The van der Waals surface area contributed by atoms with Gasteiger partial charge in [-0.2, -0.15) is 9.78 Å². The Kier molecular flexibility index (Phi) is 4.32. The summed E-state index contributed by atoms with van der Waals surface area (Å²) in [7, 11) is 0. The Morgan fingerprint density at radius 3 is 2.72 bits per heavy atom. The van der Waals surface area contributed by atoms with Crippen LogP contribution in [0.3, 0.4) is 0 Å². The number of fused-ring (bicyclic) bond motifs is 1. The molecule has 3 aromatic rings. The molecule has 3 heterocycles. The first-order valence-electron chi connectivity index (χ1n) is 7.34. The molecular formula is C16H11ClN4O2S2. The van der Waals surface area contributed by atoms with E-state index in [-0.39, 0.29) is 11.7 Å². The number of carbonyl (C=O) groups is 1. The lowest BCUT2D eigenvalue weighted by molar-refractivity contribution is -0.136. The minimum atomic E-state index is -0.868. The summed E-state index contributed by atoms with van der Waals surface area (Å²) in [5.41, 5.74) is 1.57. The maximum atomic E-state index is 11.2. The summed E-state index contributed by atoms with van der Waals surface area (Å²) in [5, 5.41) is 25.2. The van der Waals surface area contributed by atoms with E-state index >= 15 is 0 Å². The Morgan fingerprint density at radius 1 is 1.24 bits per heavy atom. The van der Waals surface area contributed by atoms with Crippen molar-refractivity contribution in [1.82, 2.24) is 14.9 Å². The first-order chi connectivity index (χ1) is 12.1. The maximum absolute atomic E-state index is 11.2. The summed E-state index contributed by atoms with van der Waals surface area (Å²) >= 11 is 8.85. The van der Waals surface area contributed by atoms with Crippen molar-refractivity contribution in [1.29, 1.82) is 0 Å². The highest BCUT2D eigenvalue weighted by Gasteiger charge is 2.31. The van der Waals surface area contributed by atoms with Crippen LogP contribution in [-0.4, -0.2) is 36.9 Å². The second-order valence-corrected chi connectivity index (χ2v) is 7.85. The van der Waals surface area contributed by atoms with Crippen LogP contribution < -0.4 is 0 Å². The molecule has 0 saturated carbocycles. The molecular weight excluding hydrogens is 380 g/mol. The van der Waals surface area contributed by atoms with Gasteiger partial charge in [0.15, 0.2) is 5.82 Å². The summed E-state index contributed by atoms with van der Waals surface area (Å²) in [6, 6.07) is 11.1. The third kappa shape index (κ3) is 3.20. The van der Waals surface area contributed by atoms with Gasteiger partial charge in [-0.25, -0.2) is 0 Å². The van der Waals surface area contributed by atoms with Crippen LogP contribution in [-0.2, 0) is 4.79 Å². The Balaban J connectivity index is 1.81. The normalized spacial score (nSPS) is 16.4. The molecule has 1 aliphatic rings. The van der Waals surface area contributed by atoms with Crippen molar-refractivity contribution in [2.24, 2.45) is 5.10 Å². The van der Waals surface area contributed by atoms with E-state index in [9.17, 15) is 9.90 Å². The molecule has 0 fully saturated rings. The lowest BCUT2D eigenvalue weighted by Gasteiger charge is -2.21. The number of halogens is 1. The number of thiophene rings is 1. The molecule has 126 valence electrons. The first kappa shape index (κ1) is 16.3. The number of aromatic nitrogens is 3. The predicted octanol–water partition coefficient (Wildman–Crippen LogP) is 3.86. The third-order valence-electron chi connectivity index (χ3n) is 3.61. The smallest absolute Gasteiger partial charge is 0.304 e. The average molecular weight is 391 g/mol. The minimum Gasteiger partial charge on any atom is -0.481 e. The van der Waals surface area contributed by atoms with Crippen LogP contribution in [0.5, 0.6) is 0 Å². The number of nitrogens with zero attached hydrogens (tertiary/aromatic N) is 4. The number of aliphatic carboxylic acids is 1. The van der Waals surface area contributed by atoms with Gasteiger partial charge in [-0.3, -0.25) is 4.79 Å². The van der Waals surface area contributed by atoms with E-state index < -0.39 is 5.97 Å². The molecule has 1 N–H and O–H groups in total. The quantitative estimate of drug-likeness (QED) is 0.731. The van der Waals surface area contributed by atoms with Crippen LogP contribution >= 0.6 is 34.7 Å². The molecule has 1 aromatic carbocycles. The molecule has 0 spiro atoms. The summed E-state index contributed by atoms with van der Waals surface area (Å²) in [4.78, 5) is 12.2. The van der Waals surface area contributed by atoms with Crippen molar-refractivity contribution < 1.29 is 9.90 Å². The van der Waals surface area contributed by atoms with Gasteiger partial charge in [0.05, 0.1) is 22.3 Å². The van der Waals surface area contributed by atoms with E-state index in [1.165, 1.54) is 23.1 Å². The third-order valence-corrected chi connectivity index (χ3v) is 5.89. The van der Waals surface area contributed by atoms with Gasteiger partial charge in [0.25, 0.3) is 0 Å². The summed E-state index contributed by atoms with van der Waals surface area (Å²) in [6.45, 7) is 0. The highest BCUT2D eigenvalue weighted by Crippen LogP contribution is 2.35. The lowest BCUT2D eigenvalue weighted by atomic mass is 10.1. The first-order valence-corrected chi connectivity index (χ1v) is 9.48. The Morgan fingerprint density at radius 2 is 2.04 bits per heavy atom. The summed E-state index contributed by atoms with van der Waals surface area (Å²) in [5.74, 6) is -0.269. The summed E-state index contributed by atoms with van der Waals surface area (Å²) in [6.07, 6.45) is -0.0233. The van der Waals surface area contributed by atoms with Gasteiger partial charge >= 0.3 is 5.97 Å². The predicted molar refractivity (Wildman–Crippen MR) is 98.6 cm³/mol. The molecule has 1 unspecified atom stereocenters. The molecule has 25 heavy (non-hydrogen) atoms. The number of hydrogen-bond donors (Lipinski definition) is 1. The molecule has 1 aliphatic heterocycles. The maximum Gasteiger partial charge on any atom is 0.304 e. The largest absolute Gasteiger partial charge is 0.481 e.